The fraction of sp³-hybridized carbons (Fsp3) is 0.467. The van der Waals surface area contributed by atoms with Gasteiger partial charge >= 0.3 is 0 Å². The van der Waals surface area contributed by atoms with Gasteiger partial charge in [0.1, 0.15) is 5.76 Å². The van der Waals surface area contributed by atoms with E-state index in [-0.39, 0.29) is 6.04 Å². The second kappa shape index (κ2) is 7.14. The zero-order valence-corrected chi connectivity index (χ0v) is 12.9. The Balaban J connectivity index is 2.24. The van der Waals surface area contributed by atoms with Crippen LogP contribution in [0.3, 0.4) is 0 Å². The van der Waals surface area contributed by atoms with Gasteiger partial charge in [-0.1, -0.05) is 25.1 Å². The molecule has 0 amide bonds. The van der Waals surface area contributed by atoms with Crippen molar-refractivity contribution in [2.45, 2.75) is 32.2 Å². The summed E-state index contributed by atoms with van der Waals surface area (Å²) in [5, 5.41) is 3.60. The third-order valence-electron chi connectivity index (χ3n) is 3.06. The molecule has 1 atom stereocenters. The smallest absolute Gasteiger partial charge is 0.113 e. The molecule has 0 spiro atoms. The van der Waals surface area contributed by atoms with Crippen molar-refractivity contribution in [3.8, 4) is 0 Å². The van der Waals surface area contributed by atoms with Crippen molar-refractivity contribution in [2.75, 3.05) is 13.2 Å². The van der Waals surface area contributed by atoms with E-state index in [0.717, 1.165) is 38.2 Å². The van der Waals surface area contributed by atoms with Crippen LogP contribution >= 0.6 is 22.6 Å². The molecule has 1 heterocycles. The monoisotopic (exact) mass is 357 g/mol. The zero-order chi connectivity index (χ0) is 12.8. The standard InChI is InChI=1S/C15H20INO/c1-2-10-17-15(14-9-5-6-11-18-14)12-7-3-4-8-13(12)16/h3-4,7-9,15,17H,2,5-6,10-11H2,1H3. The predicted molar refractivity (Wildman–Crippen MR) is 83.5 cm³/mol. The van der Waals surface area contributed by atoms with E-state index in [0.29, 0.717) is 0 Å². The van der Waals surface area contributed by atoms with E-state index in [1.54, 1.807) is 0 Å². The van der Waals surface area contributed by atoms with Gasteiger partial charge in [0.05, 0.1) is 12.6 Å². The van der Waals surface area contributed by atoms with Crippen molar-refractivity contribution >= 4 is 22.6 Å². The second-order valence-electron chi connectivity index (χ2n) is 4.51. The van der Waals surface area contributed by atoms with Gasteiger partial charge in [-0.25, -0.2) is 0 Å². The van der Waals surface area contributed by atoms with Crippen molar-refractivity contribution < 1.29 is 4.74 Å². The van der Waals surface area contributed by atoms with E-state index < -0.39 is 0 Å². The molecule has 1 N–H and O–H groups in total. The third kappa shape index (κ3) is 3.48. The topological polar surface area (TPSA) is 21.3 Å². The summed E-state index contributed by atoms with van der Waals surface area (Å²) in [6.45, 7) is 4.05. The highest BCUT2D eigenvalue weighted by Crippen LogP contribution is 2.29. The lowest BCUT2D eigenvalue weighted by atomic mass is 10.0. The van der Waals surface area contributed by atoms with E-state index in [1.807, 2.05) is 0 Å². The SMILES string of the molecule is CCCNC(C1=CCCCO1)c1ccccc1I. The summed E-state index contributed by atoms with van der Waals surface area (Å²) in [6, 6.07) is 8.73. The average molecular weight is 357 g/mol. The molecule has 1 aromatic rings. The Labute approximate surface area is 123 Å². The van der Waals surface area contributed by atoms with Gasteiger partial charge in [-0.2, -0.15) is 0 Å². The highest BCUT2D eigenvalue weighted by molar-refractivity contribution is 14.1. The first-order chi connectivity index (χ1) is 8.83. The summed E-state index contributed by atoms with van der Waals surface area (Å²) in [5.74, 6) is 1.10. The van der Waals surface area contributed by atoms with Crippen LogP contribution in [0, 0.1) is 3.57 Å². The molecule has 1 unspecified atom stereocenters. The molecule has 2 rings (SSSR count). The van der Waals surface area contributed by atoms with Crippen LogP contribution in [0.5, 0.6) is 0 Å². The van der Waals surface area contributed by atoms with Crippen LogP contribution in [0.15, 0.2) is 36.1 Å². The number of benzene rings is 1. The lowest BCUT2D eigenvalue weighted by molar-refractivity contribution is 0.167. The number of nitrogens with one attached hydrogen (secondary N) is 1. The Morgan fingerprint density at radius 1 is 1.39 bits per heavy atom. The molecule has 18 heavy (non-hydrogen) atoms. The van der Waals surface area contributed by atoms with Gasteiger partial charge in [0.2, 0.25) is 0 Å². The lowest BCUT2D eigenvalue weighted by Gasteiger charge is -2.26. The van der Waals surface area contributed by atoms with Crippen LogP contribution in [0.4, 0.5) is 0 Å². The van der Waals surface area contributed by atoms with E-state index >= 15 is 0 Å². The van der Waals surface area contributed by atoms with Crippen LogP contribution in [-0.4, -0.2) is 13.2 Å². The summed E-state index contributed by atoms with van der Waals surface area (Å²) in [6.07, 6.45) is 5.63. The maximum atomic E-state index is 5.84. The number of halogens is 1. The minimum absolute atomic E-state index is 0.207. The first kappa shape index (κ1) is 13.9. The van der Waals surface area contributed by atoms with Gasteiger partial charge in [-0.3, -0.25) is 0 Å². The minimum atomic E-state index is 0.207. The molecule has 3 heteroatoms. The first-order valence-electron chi connectivity index (χ1n) is 6.63. The molecule has 2 nitrogen and oxygen atoms in total. The van der Waals surface area contributed by atoms with Gasteiger partial charge in [0.15, 0.2) is 0 Å². The second-order valence-corrected chi connectivity index (χ2v) is 5.67. The molecule has 1 aliphatic heterocycles. The summed E-state index contributed by atoms with van der Waals surface area (Å²) < 4.78 is 7.13. The van der Waals surface area contributed by atoms with Gasteiger partial charge < -0.3 is 10.1 Å². The van der Waals surface area contributed by atoms with E-state index in [1.165, 1.54) is 9.13 Å². The van der Waals surface area contributed by atoms with Crippen molar-refractivity contribution in [1.82, 2.24) is 5.32 Å². The molecule has 0 saturated carbocycles. The predicted octanol–water partition coefficient (Wildman–Crippen LogP) is 4.03. The number of hydrogen-bond donors (Lipinski definition) is 1. The molecule has 0 aliphatic carbocycles. The fourth-order valence-electron chi connectivity index (χ4n) is 2.14. The first-order valence-corrected chi connectivity index (χ1v) is 7.71. The summed E-state index contributed by atoms with van der Waals surface area (Å²) in [7, 11) is 0. The Hall–Kier alpha value is -0.550. The molecule has 0 saturated heterocycles. The molecule has 0 aromatic heterocycles. The number of rotatable bonds is 5. The number of ether oxygens (including phenoxy) is 1. The van der Waals surface area contributed by atoms with E-state index in [9.17, 15) is 0 Å². The average Bonchev–Trinajstić information content (AvgIpc) is 2.42. The Kier molecular flexibility index (Phi) is 5.50. The number of allylic oxidation sites excluding steroid dienone is 1. The molecule has 0 fully saturated rings. The Morgan fingerprint density at radius 2 is 2.22 bits per heavy atom. The van der Waals surface area contributed by atoms with Gasteiger partial charge in [0, 0.05) is 3.57 Å². The van der Waals surface area contributed by atoms with Crippen molar-refractivity contribution in [3.05, 3.63) is 45.2 Å². The van der Waals surface area contributed by atoms with Crippen LogP contribution in [0.1, 0.15) is 37.8 Å². The normalized spacial score (nSPS) is 16.9. The van der Waals surface area contributed by atoms with Crippen LogP contribution in [0.2, 0.25) is 0 Å². The maximum absolute atomic E-state index is 5.84. The fourth-order valence-corrected chi connectivity index (χ4v) is 2.84. The minimum Gasteiger partial charge on any atom is -0.496 e. The van der Waals surface area contributed by atoms with Gasteiger partial charge in [0.25, 0.3) is 0 Å². The Morgan fingerprint density at radius 3 is 2.89 bits per heavy atom. The summed E-state index contributed by atoms with van der Waals surface area (Å²) in [5.41, 5.74) is 1.32. The zero-order valence-electron chi connectivity index (χ0n) is 10.8. The molecular weight excluding hydrogens is 337 g/mol. The van der Waals surface area contributed by atoms with Crippen molar-refractivity contribution in [2.24, 2.45) is 0 Å². The number of hydrogen-bond acceptors (Lipinski definition) is 2. The highest BCUT2D eigenvalue weighted by atomic mass is 127. The van der Waals surface area contributed by atoms with Crippen molar-refractivity contribution in [1.29, 1.82) is 0 Å². The molecule has 1 aliphatic rings. The molecule has 1 aromatic carbocycles. The van der Waals surface area contributed by atoms with Crippen LogP contribution in [-0.2, 0) is 4.74 Å². The molecule has 0 radical (unpaired) electrons. The van der Waals surface area contributed by atoms with Gasteiger partial charge in [-0.05, 0) is 66.1 Å². The van der Waals surface area contributed by atoms with Crippen LogP contribution < -0.4 is 5.32 Å². The molecular formula is C15H20INO. The van der Waals surface area contributed by atoms with Crippen molar-refractivity contribution in [3.63, 3.8) is 0 Å². The van der Waals surface area contributed by atoms with Crippen LogP contribution in [0.25, 0.3) is 0 Å². The quantitative estimate of drug-likeness (QED) is 0.804. The molecule has 0 bridgehead atoms. The molecule has 98 valence electrons. The summed E-state index contributed by atoms with van der Waals surface area (Å²) >= 11 is 2.40. The highest BCUT2D eigenvalue weighted by Gasteiger charge is 2.20. The lowest BCUT2D eigenvalue weighted by Crippen LogP contribution is -2.26. The van der Waals surface area contributed by atoms with E-state index in [2.05, 4.69) is 65.2 Å². The Bertz CT molecular complexity index is 417. The van der Waals surface area contributed by atoms with E-state index in [4.69, 9.17) is 4.74 Å². The van der Waals surface area contributed by atoms with Gasteiger partial charge in [-0.15, -0.1) is 0 Å². The summed E-state index contributed by atoms with van der Waals surface area (Å²) in [4.78, 5) is 0. The maximum Gasteiger partial charge on any atom is 0.113 e. The largest absolute Gasteiger partial charge is 0.496 e. The third-order valence-corrected chi connectivity index (χ3v) is 4.04.